The van der Waals surface area contributed by atoms with E-state index in [1.807, 2.05) is 18.2 Å². The van der Waals surface area contributed by atoms with Crippen LogP contribution in [0.5, 0.6) is 0 Å². The molecule has 3 rings (SSSR count). The van der Waals surface area contributed by atoms with Crippen LogP contribution in [0.25, 0.3) is 11.0 Å². The summed E-state index contributed by atoms with van der Waals surface area (Å²) in [5.74, 6) is 0. The van der Waals surface area contributed by atoms with Crippen LogP contribution in [0, 0.1) is 0 Å². The smallest absolute Gasteiger partial charge is 0.245 e. The quantitative estimate of drug-likeness (QED) is 0.708. The van der Waals surface area contributed by atoms with Crippen LogP contribution in [0.3, 0.4) is 0 Å². The minimum atomic E-state index is 0.157. The lowest BCUT2D eigenvalue weighted by Crippen LogP contribution is -2.32. The summed E-state index contributed by atoms with van der Waals surface area (Å²) in [5, 5.41) is 9.15. The second-order valence-electron chi connectivity index (χ2n) is 4.63. The lowest BCUT2D eigenvalue weighted by molar-refractivity contribution is -0.663. The topological polar surface area (TPSA) is 29.0 Å². The van der Waals surface area contributed by atoms with Crippen molar-refractivity contribution in [1.82, 2.24) is 4.57 Å². The summed E-state index contributed by atoms with van der Waals surface area (Å²) in [6.45, 7) is 1.63. The molecule has 0 saturated carbocycles. The second-order valence-corrected chi connectivity index (χ2v) is 4.63. The molecule has 0 saturated heterocycles. The van der Waals surface area contributed by atoms with Crippen molar-refractivity contribution >= 4 is 11.0 Å². The fourth-order valence-electron chi connectivity index (χ4n) is 2.43. The molecular formula is C16H17N2O+. The zero-order valence-corrected chi connectivity index (χ0v) is 10.7. The van der Waals surface area contributed by atoms with E-state index in [1.165, 1.54) is 11.1 Å². The highest BCUT2D eigenvalue weighted by atomic mass is 16.3. The fourth-order valence-corrected chi connectivity index (χ4v) is 2.43. The first kappa shape index (κ1) is 11.9. The van der Waals surface area contributed by atoms with Gasteiger partial charge in [0.25, 0.3) is 0 Å². The molecule has 0 spiro atoms. The summed E-state index contributed by atoms with van der Waals surface area (Å²) in [6, 6.07) is 18.7. The van der Waals surface area contributed by atoms with Gasteiger partial charge < -0.3 is 5.11 Å². The first-order chi connectivity index (χ1) is 9.38. The Kier molecular flexibility index (Phi) is 3.29. The number of hydrogen-bond donors (Lipinski definition) is 1. The van der Waals surface area contributed by atoms with E-state index in [0.717, 1.165) is 12.1 Å². The Labute approximate surface area is 112 Å². The number of imidazole rings is 1. The molecule has 3 aromatic rings. The maximum absolute atomic E-state index is 9.15. The highest BCUT2D eigenvalue weighted by molar-refractivity contribution is 5.71. The summed E-state index contributed by atoms with van der Waals surface area (Å²) in [5.41, 5.74) is 3.63. The largest absolute Gasteiger partial charge is 0.392 e. The van der Waals surface area contributed by atoms with Gasteiger partial charge in [0.05, 0.1) is 6.61 Å². The van der Waals surface area contributed by atoms with Crippen LogP contribution in [-0.2, 0) is 13.1 Å². The molecule has 3 heteroatoms. The summed E-state index contributed by atoms with van der Waals surface area (Å²) < 4.78 is 4.32. The molecule has 19 heavy (non-hydrogen) atoms. The molecule has 0 aliphatic rings. The molecule has 2 aromatic carbocycles. The Balaban J connectivity index is 2.03. The third-order valence-electron chi connectivity index (χ3n) is 3.32. The number of aromatic nitrogens is 2. The average Bonchev–Trinajstić information content (AvgIpc) is 2.79. The Morgan fingerprint density at radius 3 is 2.47 bits per heavy atom. The number of para-hydroxylation sites is 2. The lowest BCUT2D eigenvalue weighted by Gasteiger charge is -1.97. The number of aliphatic hydroxyl groups excluding tert-OH is 1. The van der Waals surface area contributed by atoms with E-state index in [9.17, 15) is 0 Å². The monoisotopic (exact) mass is 253 g/mol. The van der Waals surface area contributed by atoms with Crippen LogP contribution >= 0.6 is 0 Å². The Morgan fingerprint density at radius 1 is 0.947 bits per heavy atom. The number of rotatable bonds is 4. The molecule has 0 fully saturated rings. The summed E-state index contributed by atoms with van der Waals surface area (Å²) in [4.78, 5) is 0. The molecule has 1 aromatic heterocycles. The Hall–Kier alpha value is -2.13. The minimum absolute atomic E-state index is 0.157. The Morgan fingerprint density at radius 2 is 1.68 bits per heavy atom. The molecule has 0 amide bonds. The van der Waals surface area contributed by atoms with Gasteiger partial charge in [-0.05, 0) is 17.7 Å². The van der Waals surface area contributed by atoms with Crippen molar-refractivity contribution in [2.24, 2.45) is 0 Å². The van der Waals surface area contributed by atoms with Crippen LogP contribution in [-0.4, -0.2) is 16.3 Å². The first-order valence-corrected chi connectivity index (χ1v) is 6.50. The third kappa shape index (κ3) is 2.37. The van der Waals surface area contributed by atoms with E-state index in [4.69, 9.17) is 5.11 Å². The molecule has 0 unspecified atom stereocenters. The molecule has 96 valence electrons. The van der Waals surface area contributed by atoms with Gasteiger partial charge in [0.15, 0.2) is 11.0 Å². The molecule has 0 atom stereocenters. The van der Waals surface area contributed by atoms with Gasteiger partial charge in [0, 0.05) is 0 Å². The maximum atomic E-state index is 9.15. The minimum Gasteiger partial charge on any atom is -0.392 e. The maximum Gasteiger partial charge on any atom is 0.245 e. The molecule has 1 heterocycles. The van der Waals surface area contributed by atoms with E-state index in [-0.39, 0.29) is 6.61 Å². The second kappa shape index (κ2) is 5.24. The molecule has 0 aliphatic carbocycles. The zero-order chi connectivity index (χ0) is 13.1. The zero-order valence-electron chi connectivity index (χ0n) is 10.7. The standard InChI is InChI=1S/C16H17N2O/c19-11-10-17-13-18(12-14-6-2-1-3-7-14)16-9-5-4-8-15(16)17/h1-9,13,19H,10-12H2/q+1. The summed E-state index contributed by atoms with van der Waals surface area (Å²) in [7, 11) is 0. The van der Waals surface area contributed by atoms with Gasteiger partial charge in [-0.15, -0.1) is 0 Å². The fraction of sp³-hybridized carbons (Fsp3) is 0.188. The van der Waals surface area contributed by atoms with Crippen molar-refractivity contribution in [3.05, 3.63) is 66.5 Å². The van der Waals surface area contributed by atoms with Crippen molar-refractivity contribution in [3.8, 4) is 0 Å². The number of aliphatic hydroxyl groups is 1. The first-order valence-electron chi connectivity index (χ1n) is 6.50. The number of nitrogens with zero attached hydrogens (tertiary/aromatic N) is 2. The van der Waals surface area contributed by atoms with Crippen molar-refractivity contribution in [1.29, 1.82) is 0 Å². The molecular weight excluding hydrogens is 236 g/mol. The predicted octanol–water partition coefficient (Wildman–Crippen LogP) is 1.97. The molecule has 0 radical (unpaired) electrons. The predicted molar refractivity (Wildman–Crippen MR) is 74.8 cm³/mol. The number of benzene rings is 2. The molecule has 1 N–H and O–H groups in total. The Bertz CT molecular complexity index is 674. The van der Waals surface area contributed by atoms with E-state index < -0.39 is 0 Å². The van der Waals surface area contributed by atoms with Gasteiger partial charge in [0.2, 0.25) is 6.33 Å². The number of fused-ring (bicyclic) bond motifs is 1. The van der Waals surface area contributed by atoms with Crippen LogP contribution in [0.2, 0.25) is 0 Å². The average molecular weight is 253 g/mol. The highest BCUT2D eigenvalue weighted by Gasteiger charge is 2.14. The van der Waals surface area contributed by atoms with Crippen molar-refractivity contribution < 1.29 is 9.67 Å². The summed E-state index contributed by atoms with van der Waals surface area (Å²) >= 11 is 0. The van der Waals surface area contributed by atoms with E-state index in [0.29, 0.717) is 6.54 Å². The van der Waals surface area contributed by atoms with Gasteiger partial charge in [-0.1, -0.05) is 42.5 Å². The van der Waals surface area contributed by atoms with Gasteiger partial charge in [-0.25, -0.2) is 9.13 Å². The van der Waals surface area contributed by atoms with Crippen LogP contribution < -0.4 is 4.57 Å². The van der Waals surface area contributed by atoms with Gasteiger partial charge in [0.1, 0.15) is 13.1 Å². The van der Waals surface area contributed by atoms with Gasteiger partial charge >= 0.3 is 0 Å². The van der Waals surface area contributed by atoms with E-state index in [2.05, 4.69) is 51.9 Å². The van der Waals surface area contributed by atoms with E-state index in [1.54, 1.807) is 0 Å². The SMILES string of the molecule is OCCn1c[n+](Cc2ccccc2)c2ccccc21. The van der Waals surface area contributed by atoms with Crippen LogP contribution in [0.15, 0.2) is 60.9 Å². The van der Waals surface area contributed by atoms with Crippen molar-refractivity contribution in [2.45, 2.75) is 13.1 Å². The molecule has 0 bridgehead atoms. The van der Waals surface area contributed by atoms with Crippen LogP contribution in [0.4, 0.5) is 0 Å². The molecule has 3 nitrogen and oxygen atoms in total. The van der Waals surface area contributed by atoms with Crippen molar-refractivity contribution in [2.75, 3.05) is 6.61 Å². The lowest BCUT2D eigenvalue weighted by atomic mass is 10.2. The highest BCUT2D eigenvalue weighted by Crippen LogP contribution is 2.11. The normalized spacial score (nSPS) is 11.0. The molecule has 0 aliphatic heterocycles. The van der Waals surface area contributed by atoms with E-state index >= 15 is 0 Å². The van der Waals surface area contributed by atoms with Gasteiger partial charge in [-0.3, -0.25) is 0 Å². The third-order valence-corrected chi connectivity index (χ3v) is 3.32. The number of hydrogen-bond acceptors (Lipinski definition) is 1. The summed E-state index contributed by atoms with van der Waals surface area (Å²) in [6.07, 6.45) is 2.08. The van der Waals surface area contributed by atoms with Gasteiger partial charge in [-0.2, -0.15) is 0 Å². The van der Waals surface area contributed by atoms with Crippen molar-refractivity contribution in [3.63, 3.8) is 0 Å². The van der Waals surface area contributed by atoms with Crippen LogP contribution in [0.1, 0.15) is 5.56 Å².